The zero-order chi connectivity index (χ0) is 30.4. The number of nitrogens with zero attached hydrogens (tertiary/aromatic N) is 4. The molecule has 0 aromatic carbocycles. The fourth-order valence-corrected chi connectivity index (χ4v) is 4.53. The van der Waals surface area contributed by atoms with Gasteiger partial charge in [0.05, 0.1) is 29.1 Å². The molecule has 0 aliphatic rings. The predicted molar refractivity (Wildman–Crippen MR) is 156 cm³/mol. The van der Waals surface area contributed by atoms with Crippen LogP contribution in [0.4, 0.5) is 17.1 Å². The fraction of sp³-hybridized carbons (Fsp3) is 0.483. The Kier molecular flexibility index (Phi) is 10.1. The number of esters is 1. The molecule has 12 heteroatoms. The van der Waals surface area contributed by atoms with Gasteiger partial charge in [-0.15, -0.1) is 0 Å². The van der Waals surface area contributed by atoms with Crippen molar-refractivity contribution in [2.75, 3.05) is 17.2 Å². The van der Waals surface area contributed by atoms with Crippen LogP contribution in [0.5, 0.6) is 0 Å². The average molecular weight is 569 g/mol. The van der Waals surface area contributed by atoms with Crippen LogP contribution in [0.25, 0.3) is 0 Å². The molecule has 3 aromatic rings. The number of hydrogen-bond acceptors (Lipinski definition) is 6. The predicted octanol–water partition coefficient (Wildman–Crippen LogP) is 5.65. The molecule has 0 aliphatic heterocycles. The molecule has 2 N–H and O–H groups in total. The van der Waals surface area contributed by atoms with E-state index in [9.17, 15) is 24.5 Å². The third-order valence-electron chi connectivity index (χ3n) is 6.04. The number of anilines is 2. The van der Waals surface area contributed by atoms with Gasteiger partial charge in [0.15, 0.2) is 0 Å². The molecular weight excluding hydrogens is 528 g/mol. The SMILES string of the molecule is CCOC(=O)c1cc(NC(=O)c2cc(NC(=O)c3cc([N+](=O)[O-])cn3CC(C)C)cn2CC(C)C)cn1CC(C)C. The summed E-state index contributed by atoms with van der Waals surface area (Å²) in [5.74, 6) is -0.776. The molecule has 12 nitrogen and oxygen atoms in total. The van der Waals surface area contributed by atoms with Gasteiger partial charge in [0.2, 0.25) is 0 Å². The fourth-order valence-electron chi connectivity index (χ4n) is 4.53. The Morgan fingerprint density at radius 1 is 0.756 bits per heavy atom. The van der Waals surface area contributed by atoms with Crippen molar-refractivity contribution in [1.82, 2.24) is 13.7 Å². The molecule has 0 radical (unpaired) electrons. The van der Waals surface area contributed by atoms with Crippen LogP contribution in [0, 0.1) is 27.9 Å². The van der Waals surface area contributed by atoms with Gasteiger partial charge in [-0.05, 0) is 36.8 Å². The van der Waals surface area contributed by atoms with Gasteiger partial charge in [0, 0.05) is 38.1 Å². The first-order valence-corrected chi connectivity index (χ1v) is 13.8. The van der Waals surface area contributed by atoms with E-state index >= 15 is 0 Å². The molecule has 0 aliphatic carbocycles. The largest absolute Gasteiger partial charge is 0.461 e. The number of aromatic nitrogens is 3. The summed E-state index contributed by atoms with van der Waals surface area (Å²) in [6, 6.07) is 4.41. The average Bonchev–Trinajstić information content (AvgIpc) is 3.55. The van der Waals surface area contributed by atoms with E-state index in [0.29, 0.717) is 42.4 Å². The van der Waals surface area contributed by atoms with Crippen molar-refractivity contribution in [3.63, 3.8) is 0 Å². The highest BCUT2D eigenvalue weighted by atomic mass is 16.6. The summed E-state index contributed by atoms with van der Waals surface area (Å²) >= 11 is 0. The Balaban J connectivity index is 1.89. The number of amides is 2. The minimum absolute atomic E-state index is 0.158. The molecule has 2 amide bonds. The van der Waals surface area contributed by atoms with Crippen LogP contribution in [0.3, 0.4) is 0 Å². The first-order chi connectivity index (χ1) is 19.3. The van der Waals surface area contributed by atoms with Crippen molar-refractivity contribution < 1.29 is 24.0 Å². The number of ether oxygens (including phenoxy) is 1. The maximum atomic E-state index is 13.4. The van der Waals surface area contributed by atoms with E-state index in [2.05, 4.69) is 10.6 Å². The molecule has 0 saturated carbocycles. The number of rotatable bonds is 13. The highest BCUT2D eigenvalue weighted by Gasteiger charge is 2.23. The van der Waals surface area contributed by atoms with Crippen LogP contribution in [-0.4, -0.2) is 43.0 Å². The molecule has 41 heavy (non-hydrogen) atoms. The van der Waals surface area contributed by atoms with Gasteiger partial charge in [0.1, 0.15) is 17.1 Å². The Bertz CT molecular complexity index is 1410. The van der Waals surface area contributed by atoms with Gasteiger partial charge in [-0.2, -0.15) is 0 Å². The van der Waals surface area contributed by atoms with Crippen molar-refractivity contribution in [2.45, 2.75) is 68.1 Å². The smallest absolute Gasteiger partial charge is 0.355 e. The third kappa shape index (κ3) is 8.09. The van der Waals surface area contributed by atoms with E-state index < -0.39 is 22.7 Å². The molecule has 0 atom stereocenters. The number of carbonyl (C=O) groups is 3. The molecule has 0 fully saturated rings. The number of carbonyl (C=O) groups excluding carboxylic acids is 3. The van der Waals surface area contributed by atoms with E-state index in [1.807, 2.05) is 41.5 Å². The maximum Gasteiger partial charge on any atom is 0.355 e. The van der Waals surface area contributed by atoms with Gasteiger partial charge in [0.25, 0.3) is 17.5 Å². The van der Waals surface area contributed by atoms with E-state index in [4.69, 9.17) is 4.74 Å². The molecule has 0 saturated heterocycles. The molecule has 3 aromatic heterocycles. The lowest BCUT2D eigenvalue weighted by molar-refractivity contribution is -0.384. The van der Waals surface area contributed by atoms with Crippen molar-refractivity contribution in [2.24, 2.45) is 17.8 Å². The lowest BCUT2D eigenvalue weighted by Crippen LogP contribution is -2.18. The van der Waals surface area contributed by atoms with Crippen LogP contribution >= 0.6 is 0 Å². The zero-order valence-corrected chi connectivity index (χ0v) is 24.8. The molecule has 3 rings (SSSR count). The Morgan fingerprint density at radius 2 is 1.17 bits per heavy atom. The van der Waals surface area contributed by atoms with Gasteiger partial charge in [-0.3, -0.25) is 19.7 Å². The highest BCUT2D eigenvalue weighted by Crippen LogP contribution is 2.23. The Morgan fingerprint density at radius 3 is 1.61 bits per heavy atom. The summed E-state index contributed by atoms with van der Waals surface area (Å²) in [4.78, 5) is 49.9. The van der Waals surface area contributed by atoms with E-state index in [1.165, 1.54) is 12.3 Å². The van der Waals surface area contributed by atoms with Crippen LogP contribution in [-0.2, 0) is 24.4 Å². The second kappa shape index (κ2) is 13.3. The summed E-state index contributed by atoms with van der Waals surface area (Å²) in [6.07, 6.45) is 4.73. The minimum atomic E-state index is -0.531. The molecule has 3 heterocycles. The first kappa shape index (κ1) is 31.2. The summed E-state index contributed by atoms with van der Waals surface area (Å²) in [6.45, 7) is 15.5. The molecule has 0 spiro atoms. The monoisotopic (exact) mass is 568 g/mol. The number of nitro groups is 1. The molecular formula is C29H40N6O6. The zero-order valence-electron chi connectivity index (χ0n) is 24.8. The highest BCUT2D eigenvalue weighted by molar-refractivity contribution is 6.07. The quantitative estimate of drug-likeness (QED) is 0.155. The maximum absolute atomic E-state index is 13.4. The lowest BCUT2D eigenvalue weighted by Gasteiger charge is -2.11. The molecule has 0 unspecified atom stereocenters. The van der Waals surface area contributed by atoms with E-state index in [1.54, 1.807) is 45.2 Å². The second-order valence-corrected chi connectivity index (χ2v) is 11.3. The van der Waals surface area contributed by atoms with Crippen LogP contribution < -0.4 is 10.6 Å². The summed E-state index contributed by atoms with van der Waals surface area (Å²) < 4.78 is 10.3. The number of nitrogens with one attached hydrogen (secondary N) is 2. The van der Waals surface area contributed by atoms with Gasteiger partial charge in [-0.25, -0.2) is 4.79 Å². The normalized spacial score (nSPS) is 11.4. The van der Waals surface area contributed by atoms with Crippen LogP contribution in [0.1, 0.15) is 79.9 Å². The van der Waals surface area contributed by atoms with Crippen molar-refractivity contribution >= 4 is 34.8 Å². The standard InChI is InChI=1S/C29H40N6O6/c1-8-41-29(38)26-10-22(16-33(26)13-19(4)5)31-27(36)24-9-21(15-32(24)12-18(2)3)30-28(37)25-11-23(35(39)40)17-34(25)14-20(6)7/h9-11,15-20H,8,12-14H2,1-7H3,(H,30,37)(H,31,36). The topological polar surface area (TPSA) is 142 Å². The van der Waals surface area contributed by atoms with Gasteiger partial charge < -0.3 is 29.1 Å². The lowest BCUT2D eigenvalue weighted by atomic mass is 10.2. The van der Waals surface area contributed by atoms with Crippen LogP contribution in [0.15, 0.2) is 36.8 Å². The van der Waals surface area contributed by atoms with Crippen LogP contribution in [0.2, 0.25) is 0 Å². The number of hydrogen-bond donors (Lipinski definition) is 2. The second-order valence-electron chi connectivity index (χ2n) is 11.3. The van der Waals surface area contributed by atoms with Crippen molar-refractivity contribution in [1.29, 1.82) is 0 Å². The Labute approximate surface area is 239 Å². The van der Waals surface area contributed by atoms with E-state index in [0.717, 1.165) is 0 Å². The molecule has 0 bridgehead atoms. The summed E-state index contributed by atoms with van der Waals surface area (Å²) in [5.41, 5.74) is 1.48. The Hall–Kier alpha value is -4.35. The first-order valence-electron chi connectivity index (χ1n) is 13.8. The van der Waals surface area contributed by atoms with Gasteiger partial charge >= 0.3 is 5.97 Å². The van der Waals surface area contributed by atoms with Crippen molar-refractivity contribution in [3.8, 4) is 0 Å². The molecule has 222 valence electrons. The summed E-state index contributed by atoms with van der Waals surface area (Å²) in [7, 11) is 0. The van der Waals surface area contributed by atoms with E-state index in [-0.39, 0.29) is 35.7 Å². The van der Waals surface area contributed by atoms with Crippen molar-refractivity contribution in [3.05, 3.63) is 64.0 Å². The van der Waals surface area contributed by atoms with Gasteiger partial charge in [-0.1, -0.05) is 41.5 Å². The summed E-state index contributed by atoms with van der Waals surface area (Å²) in [5, 5.41) is 17.0. The minimum Gasteiger partial charge on any atom is -0.461 e. The third-order valence-corrected chi connectivity index (χ3v) is 6.04.